The molecule has 0 radical (unpaired) electrons. The van der Waals surface area contributed by atoms with E-state index in [1.54, 1.807) is 0 Å². The number of rotatable bonds is 7. The van der Waals surface area contributed by atoms with Crippen LogP contribution in [0.5, 0.6) is 0 Å². The van der Waals surface area contributed by atoms with Crippen LogP contribution in [-0.4, -0.2) is 46.5 Å². The van der Waals surface area contributed by atoms with Gasteiger partial charge >= 0.3 is 0 Å². The van der Waals surface area contributed by atoms with Gasteiger partial charge in [0.25, 0.3) is 0 Å². The number of nitrogens with one attached hydrogen (secondary N) is 2. The molecule has 0 aromatic heterocycles. The van der Waals surface area contributed by atoms with Crippen molar-refractivity contribution in [1.29, 1.82) is 0 Å². The van der Waals surface area contributed by atoms with Gasteiger partial charge < -0.3 is 10.1 Å². The molecule has 6 heteroatoms. The Kier molecular flexibility index (Phi) is 6.40. The summed E-state index contributed by atoms with van der Waals surface area (Å²) < 4.78 is 31.3. The fourth-order valence-corrected chi connectivity index (χ4v) is 2.77. The van der Waals surface area contributed by atoms with Gasteiger partial charge in [0, 0.05) is 32.3 Å². The van der Waals surface area contributed by atoms with E-state index in [4.69, 9.17) is 4.74 Å². The smallest absolute Gasteiger partial charge is 0.212 e. The molecular weight excluding hydrogens is 240 g/mol. The lowest BCUT2D eigenvalue weighted by molar-refractivity contribution is 0.0678. The van der Waals surface area contributed by atoms with Crippen molar-refractivity contribution in [1.82, 2.24) is 10.0 Å². The van der Waals surface area contributed by atoms with Crippen molar-refractivity contribution in [2.24, 2.45) is 5.92 Å². The van der Waals surface area contributed by atoms with Crippen molar-refractivity contribution in [2.45, 2.75) is 32.7 Å². The molecule has 0 aromatic carbocycles. The summed E-state index contributed by atoms with van der Waals surface area (Å²) in [5.74, 6) is 0.575. The van der Waals surface area contributed by atoms with Crippen molar-refractivity contribution >= 4 is 10.0 Å². The van der Waals surface area contributed by atoms with Gasteiger partial charge in [0.2, 0.25) is 10.0 Å². The van der Waals surface area contributed by atoms with Crippen molar-refractivity contribution in [2.75, 3.05) is 32.1 Å². The van der Waals surface area contributed by atoms with E-state index in [0.29, 0.717) is 25.0 Å². The van der Waals surface area contributed by atoms with E-state index in [2.05, 4.69) is 10.0 Å². The lowest BCUT2D eigenvalue weighted by Gasteiger charge is -2.22. The van der Waals surface area contributed by atoms with Gasteiger partial charge in [-0.05, 0) is 18.8 Å². The lowest BCUT2D eigenvalue weighted by Crippen LogP contribution is -2.37. The Balaban J connectivity index is 2.19. The molecule has 1 heterocycles. The molecule has 0 bridgehead atoms. The molecule has 1 fully saturated rings. The van der Waals surface area contributed by atoms with Crippen molar-refractivity contribution in [3.63, 3.8) is 0 Å². The first-order valence-electron chi connectivity index (χ1n) is 6.28. The van der Waals surface area contributed by atoms with Gasteiger partial charge in [0.05, 0.1) is 5.75 Å². The Morgan fingerprint density at radius 3 is 2.53 bits per heavy atom. The molecule has 102 valence electrons. The van der Waals surface area contributed by atoms with Crippen molar-refractivity contribution < 1.29 is 13.2 Å². The Hall–Kier alpha value is -0.170. The minimum atomic E-state index is -3.13. The Morgan fingerprint density at radius 2 is 1.94 bits per heavy atom. The molecule has 1 saturated heterocycles. The van der Waals surface area contributed by atoms with Crippen molar-refractivity contribution in [3.8, 4) is 0 Å². The first-order valence-corrected chi connectivity index (χ1v) is 7.93. The number of ether oxygens (including phenoxy) is 1. The van der Waals surface area contributed by atoms with Crippen LogP contribution in [0.1, 0.15) is 26.7 Å². The van der Waals surface area contributed by atoms with E-state index in [1.807, 2.05) is 13.8 Å². The molecule has 1 aliphatic rings. The van der Waals surface area contributed by atoms with Gasteiger partial charge in [0.1, 0.15) is 0 Å². The second-order valence-corrected chi connectivity index (χ2v) is 6.76. The van der Waals surface area contributed by atoms with E-state index in [-0.39, 0.29) is 5.75 Å². The van der Waals surface area contributed by atoms with Crippen LogP contribution in [0.15, 0.2) is 0 Å². The quantitative estimate of drug-likeness (QED) is 0.695. The van der Waals surface area contributed by atoms with Gasteiger partial charge in [-0.3, -0.25) is 0 Å². The van der Waals surface area contributed by atoms with E-state index in [1.165, 1.54) is 0 Å². The van der Waals surface area contributed by atoms with Crippen LogP contribution in [0.4, 0.5) is 0 Å². The summed E-state index contributed by atoms with van der Waals surface area (Å²) in [7, 11) is -3.13. The van der Waals surface area contributed by atoms with Crippen LogP contribution < -0.4 is 10.0 Å². The second kappa shape index (κ2) is 7.31. The number of hydrogen-bond acceptors (Lipinski definition) is 4. The molecule has 5 nitrogen and oxygen atoms in total. The van der Waals surface area contributed by atoms with E-state index >= 15 is 0 Å². The van der Waals surface area contributed by atoms with E-state index in [0.717, 1.165) is 26.1 Å². The molecule has 2 N–H and O–H groups in total. The highest BCUT2D eigenvalue weighted by atomic mass is 32.2. The Bertz CT molecular complexity index is 298. The highest BCUT2D eigenvalue weighted by molar-refractivity contribution is 7.89. The predicted molar refractivity (Wildman–Crippen MR) is 68.5 cm³/mol. The summed E-state index contributed by atoms with van der Waals surface area (Å²) in [4.78, 5) is 0. The normalized spacial score (nSPS) is 18.8. The average molecular weight is 264 g/mol. The van der Waals surface area contributed by atoms with Crippen LogP contribution in [0, 0.1) is 5.92 Å². The minimum absolute atomic E-state index is 0.147. The zero-order valence-electron chi connectivity index (χ0n) is 10.7. The van der Waals surface area contributed by atoms with E-state index in [9.17, 15) is 8.42 Å². The molecule has 0 aliphatic carbocycles. The SMILES string of the molecule is CC(C)NCCS(=O)(=O)NCC1CCOCC1. The zero-order chi connectivity index (χ0) is 12.7. The van der Waals surface area contributed by atoms with Gasteiger partial charge in [-0.1, -0.05) is 13.8 Å². The molecule has 17 heavy (non-hydrogen) atoms. The first-order chi connectivity index (χ1) is 7.99. The summed E-state index contributed by atoms with van der Waals surface area (Å²) in [5, 5.41) is 3.10. The second-order valence-electron chi connectivity index (χ2n) is 4.83. The Morgan fingerprint density at radius 1 is 1.29 bits per heavy atom. The van der Waals surface area contributed by atoms with Gasteiger partial charge in [-0.2, -0.15) is 0 Å². The summed E-state index contributed by atoms with van der Waals surface area (Å²) in [6, 6.07) is 0.320. The lowest BCUT2D eigenvalue weighted by atomic mass is 10.0. The van der Waals surface area contributed by atoms with Crippen molar-refractivity contribution in [3.05, 3.63) is 0 Å². The summed E-state index contributed by atoms with van der Waals surface area (Å²) in [6.45, 7) is 6.56. The first kappa shape index (κ1) is 14.9. The standard InChI is InChI=1S/C11H24N2O3S/c1-10(2)12-5-8-17(14,15)13-9-11-3-6-16-7-4-11/h10-13H,3-9H2,1-2H3. The summed E-state index contributed by atoms with van der Waals surface area (Å²) in [6.07, 6.45) is 1.90. The van der Waals surface area contributed by atoms with Crippen LogP contribution >= 0.6 is 0 Å². The molecular formula is C11H24N2O3S. The molecule has 0 amide bonds. The number of hydrogen-bond donors (Lipinski definition) is 2. The topological polar surface area (TPSA) is 67.4 Å². The van der Waals surface area contributed by atoms with Crippen LogP contribution in [0.25, 0.3) is 0 Å². The third-order valence-electron chi connectivity index (χ3n) is 2.86. The highest BCUT2D eigenvalue weighted by Crippen LogP contribution is 2.13. The zero-order valence-corrected chi connectivity index (χ0v) is 11.6. The molecule has 0 atom stereocenters. The molecule has 0 spiro atoms. The van der Waals surface area contributed by atoms with Crippen LogP contribution in [0.2, 0.25) is 0 Å². The molecule has 0 aromatic rings. The maximum Gasteiger partial charge on any atom is 0.212 e. The van der Waals surface area contributed by atoms with Gasteiger partial charge in [-0.25, -0.2) is 13.1 Å². The van der Waals surface area contributed by atoms with Gasteiger partial charge in [-0.15, -0.1) is 0 Å². The van der Waals surface area contributed by atoms with Gasteiger partial charge in [0.15, 0.2) is 0 Å². The minimum Gasteiger partial charge on any atom is -0.381 e. The Labute approximate surface area is 104 Å². The largest absolute Gasteiger partial charge is 0.381 e. The third-order valence-corrected chi connectivity index (χ3v) is 4.20. The maximum atomic E-state index is 11.7. The molecule has 0 saturated carbocycles. The fourth-order valence-electron chi connectivity index (χ4n) is 1.75. The molecule has 0 unspecified atom stereocenters. The summed E-state index contributed by atoms with van der Waals surface area (Å²) in [5.41, 5.74) is 0. The monoisotopic (exact) mass is 264 g/mol. The fraction of sp³-hybridized carbons (Fsp3) is 1.00. The maximum absolute atomic E-state index is 11.7. The average Bonchev–Trinajstić information content (AvgIpc) is 2.27. The van der Waals surface area contributed by atoms with E-state index < -0.39 is 10.0 Å². The molecule has 1 rings (SSSR count). The third kappa shape index (κ3) is 6.98. The highest BCUT2D eigenvalue weighted by Gasteiger charge is 2.17. The number of sulfonamides is 1. The predicted octanol–water partition coefficient (Wildman–Crippen LogP) is 0.330. The van der Waals surface area contributed by atoms with Crippen LogP contribution in [0.3, 0.4) is 0 Å². The van der Waals surface area contributed by atoms with Crippen LogP contribution in [-0.2, 0) is 14.8 Å². The molecule has 1 aliphatic heterocycles. The summed E-state index contributed by atoms with van der Waals surface area (Å²) >= 11 is 0.